The number of alkyl halides is 1. The lowest BCUT2D eigenvalue weighted by Crippen LogP contribution is -2.49. The summed E-state index contributed by atoms with van der Waals surface area (Å²) in [6.45, 7) is 0.657. The predicted octanol–water partition coefficient (Wildman–Crippen LogP) is -0.0413. The maximum absolute atomic E-state index is 11.9. The number of nitrogens with one attached hydrogen (secondary N) is 1. The topological polar surface area (TPSA) is 83.6 Å². The summed E-state index contributed by atoms with van der Waals surface area (Å²) in [4.78, 5) is 0. The van der Waals surface area contributed by atoms with Gasteiger partial charge < -0.3 is 0 Å². The van der Waals surface area contributed by atoms with Crippen LogP contribution in [0.25, 0.3) is 0 Å². The van der Waals surface area contributed by atoms with Crippen LogP contribution in [0.4, 0.5) is 0 Å². The van der Waals surface area contributed by atoms with Gasteiger partial charge in [-0.05, 0) is 19.3 Å². The number of hydrogen-bond acceptors (Lipinski definition) is 4. The first-order valence-electron chi connectivity index (χ1n) is 5.76. The van der Waals surface area contributed by atoms with Gasteiger partial charge >= 0.3 is 0 Å². The van der Waals surface area contributed by atoms with Crippen LogP contribution in [0.3, 0.4) is 0 Å². The maximum atomic E-state index is 11.9. The number of nitrogens with zero attached hydrogens (tertiary/aromatic N) is 1. The third kappa shape index (κ3) is 5.40. The molecule has 0 aromatic heterocycles. The second kappa shape index (κ2) is 6.51. The molecule has 1 N–H and O–H groups in total. The van der Waals surface area contributed by atoms with Crippen molar-refractivity contribution in [2.45, 2.75) is 25.3 Å². The lowest BCUT2D eigenvalue weighted by atomic mass is 10.1. The third-order valence-corrected chi connectivity index (χ3v) is 5.65. The molecule has 0 aromatic rings. The normalized spacial score (nSPS) is 23.1. The molecule has 0 spiro atoms. The first-order chi connectivity index (χ1) is 8.24. The zero-order chi connectivity index (χ0) is 13.8. The van der Waals surface area contributed by atoms with Gasteiger partial charge in [-0.25, -0.2) is 25.9 Å². The zero-order valence-electron chi connectivity index (χ0n) is 10.3. The van der Waals surface area contributed by atoms with Crippen LogP contribution in [0.15, 0.2) is 0 Å². The smallest absolute Gasteiger partial charge is 0.213 e. The van der Waals surface area contributed by atoms with E-state index in [9.17, 15) is 16.8 Å². The molecule has 0 amide bonds. The van der Waals surface area contributed by atoms with Crippen molar-refractivity contribution in [3.05, 3.63) is 0 Å². The van der Waals surface area contributed by atoms with Gasteiger partial charge in [0.15, 0.2) is 0 Å². The molecule has 1 fully saturated rings. The fraction of sp³-hybridized carbons (Fsp3) is 1.00. The van der Waals surface area contributed by atoms with E-state index in [0.29, 0.717) is 31.7 Å². The van der Waals surface area contributed by atoms with Gasteiger partial charge in [-0.2, -0.15) is 0 Å². The van der Waals surface area contributed by atoms with Gasteiger partial charge in [0.1, 0.15) is 0 Å². The number of hydrogen-bond donors (Lipinski definition) is 1. The molecule has 1 atom stereocenters. The molecular weight excluding hydrogens is 300 g/mol. The van der Waals surface area contributed by atoms with Crippen LogP contribution in [0, 0.1) is 0 Å². The van der Waals surface area contributed by atoms with E-state index in [1.54, 1.807) is 0 Å². The van der Waals surface area contributed by atoms with Gasteiger partial charge in [0.05, 0.1) is 12.0 Å². The Morgan fingerprint density at radius 3 is 2.56 bits per heavy atom. The summed E-state index contributed by atoms with van der Waals surface area (Å²) in [5.74, 6) is 0.320. The summed E-state index contributed by atoms with van der Waals surface area (Å²) in [5.41, 5.74) is 0. The molecule has 0 bridgehead atoms. The number of halogens is 1. The fourth-order valence-corrected chi connectivity index (χ4v) is 4.63. The molecule has 1 aliphatic rings. The minimum atomic E-state index is -3.32. The fourth-order valence-electron chi connectivity index (χ4n) is 1.96. The Labute approximate surface area is 114 Å². The summed E-state index contributed by atoms with van der Waals surface area (Å²) in [6.07, 6.45) is 2.81. The zero-order valence-corrected chi connectivity index (χ0v) is 12.7. The first kappa shape index (κ1) is 16.2. The molecule has 6 nitrogen and oxygen atoms in total. The molecule has 1 saturated heterocycles. The Bertz CT molecular complexity index is 463. The van der Waals surface area contributed by atoms with Crippen molar-refractivity contribution < 1.29 is 16.8 Å². The molecule has 0 aliphatic carbocycles. The van der Waals surface area contributed by atoms with Crippen molar-refractivity contribution in [3.63, 3.8) is 0 Å². The van der Waals surface area contributed by atoms with Gasteiger partial charge in [0.2, 0.25) is 20.0 Å². The average Bonchev–Trinajstić information content (AvgIpc) is 2.24. The Morgan fingerprint density at radius 1 is 1.33 bits per heavy atom. The Hall–Kier alpha value is 0.110. The molecule has 18 heavy (non-hydrogen) atoms. The highest BCUT2D eigenvalue weighted by molar-refractivity contribution is 7.89. The van der Waals surface area contributed by atoms with E-state index in [1.165, 1.54) is 4.31 Å². The molecule has 9 heteroatoms. The average molecular weight is 319 g/mol. The van der Waals surface area contributed by atoms with E-state index in [4.69, 9.17) is 11.6 Å². The van der Waals surface area contributed by atoms with Gasteiger partial charge in [0, 0.05) is 25.0 Å². The van der Waals surface area contributed by atoms with E-state index in [1.807, 2.05) is 0 Å². The summed E-state index contributed by atoms with van der Waals surface area (Å²) in [5, 5.41) is 0. The highest BCUT2D eigenvalue weighted by Gasteiger charge is 2.29. The number of sulfonamides is 2. The van der Waals surface area contributed by atoms with Crippen LogP contribution in [0.2, 0.25) is 0 Å². The molecule has 1 rings (SSSR count). The molecule has 0 aromatic carbocycles. The highest BCUT2D eigenvalue weighted by Crippen LogP contribution is 2.15. The molecule has 1 aliphatic heterocycles. The minimum absolute atomic E-state index is 0.0160. The quantitative estimate of drug-likeness (QED) is 0.696. The van der Waals surface area contributed by atoms with E-state index in [-0.39, 0.29) is 18.3 Å². The lowest BCUT2D eigenvalue weighted by Gasteiger charge is -2.31. The monoisotopic (exact) mass is 318 g/mol. The van der Waals surface area contributed by atoms with Crippen LogP contribution in [-0.2, 0) is 20.0 Å². The van der Waals surface area contributed by atoms with Crippen molar-refractivity contribution in [1.82, 2.24) is 9.03 Å². The maximum Gasteiger partial charge on any atom is 0.214 e. The highest BCUT2D eigenvalue weighted by atomic mass is 35.5. The Morgan fingerprint density at radius 2 is 2.00 bits per heavy atom. The summed E-state index contributed by atoms with van der Waals surface area (Å²) < 4.78 is 50.0. The predicted molar refractivity (Wildman–Crippen MR) is 71.7 cm³/mol. The summed E-state index contributed by atoms with van der Waals surface area (Å²) >= 11 is 5.49. The molecule has 0 saturated carbocycles. The van der Waals surface area contributed by atoms with Crippen LogP contribution in [0.1, 0.15) is 19.3 Å². The van der Waals surface area contributed by atoms with Crippen molar-refractivity contribution in [2.75, 3.05) is 31.0 Å². The molecule has 1 heterocycles. The third-order valence-electron chi connectivity index (χ3n) is 2.69. The Balaban J connectivity index is 2.63. The van der Waals surface area contributed by atoms with Crippen LogP contribution in [0.5, 0.6) is 0 Å². The van der Waals surface area contributed by atoms with E-state index in [2.05, 4.69) is 4.72 Å². The van der Waals surface area contributed by atoms with Gasteiger partial charge in [-0.3, -0.25) is 0 Å². The van der Waals surface area contributed by atoms with E-state index >= 15 is 0 Å². The van der Waals surface area contributed by atoms with Gasteiger partial charge in [-0.1, -0.05) is 0 Å². The van der Waals surface area contributed by atoms with Crippen molar-refractivity contribution in [2.24, 2.45) is 0 Å². The summed E-state index contributed by atoms with van der Waals surface area (Å²) in [6, 6.07) is -0.334. The van der Waals surface area contributed by atoms with E-state index in [0.717, 1.165) is 6.26 Å². The summed E-state index contributed by atoms with van der Waals surface area (Å²) in [7, 11) is -6.62. The minimum Gasteiger partial charge on any atom is -0.213 e. The second-order valence-electron chi connectivity index (χ2n) is 4.45. The number of rotatable bonds is 6. The van der Waals surface area contributed by atoms with Crippen LogP contribution in [-0.4, -0.2) is 58.2 Å². The molecule has 0 radical (unpaired) electrons. The van der Waals surface area contributed by atoms with Crippen LogP contribution >= 0.6 is 11.6 Å². The van der Waals surface area contributed by atoms with Crippen molar-refractivity contribution in [3.8, 4) is 0 Å². The lowest BCUT2D eigenvalue weighted by molar-refractivity contribution is 0.303. The van der Waals surface area contributed by atoms with E-state index < -0.39 is 20.0 Å². The van der Waals surface area contributed by atoms with Crippen LogP contribution < -0.4 is 4.72 Å². The standard InChI is InChI=1S/C9H19ClN2O4S2/c1-17(13,14)11-9-4-2-6-12(8-9)18(15,16)7-3-5-10/h9,11H,2-8H2,1H3. The van der Waals surface area contributed by atoms with Gasteiger partial charge in [0.25, 0.3) is 0 Å². The largest absolute Gasteiger partial charge is 0.214 e. The SMILES string of the molecule is CS(=O)(=O)NC1CCCN(S(=O)(=O)CCCCl)C1. The van der Waals surface area contributed by atoms with Gasteiger partial charge in [-0.15, -0.1) is 11.6 Å². The molecular formula is C9H19ClN2O4S2. The van der Waals surface area contributed by atoms with Crippen molar-refractivity contribution in [1.29, 1.82) is 0 Å². The number of piperidine rings is 1. The molecule has 1 unspecified atom stereocenters. The Kier molecular flexibility index (Phi) is 5.85. The van der Waals surface area contributed by atoms with Crippen molar-refractivity contribution >= 4 is 31.6 Å². The second-order valence-corrected chi connectivity index (χ2v) is 8.69. The first-order valence-corrected chi connectivity index (χ1v) is 9.79. The molecule has 108 valence electrons.